The number of hydrogen-bond acceptors (Lipinski definition) is 6. The number of nitrogens with two attached hydrogens (primary N) is 1. The topological polar surface area (TPSA) is 136 Å². The zero-order valence-corrected chi connectivity index (χ0v) is 21.3. The fraction of sp³-hybridized carbons (Fsp3) is 0.231. The van der Waals surface area contributed by atoms with E-state index in [2.05, 4.69) is 10.3 Å². The zero-order valence-electron chi connectivity index (χ0n) is 20.5. The molecule has 10 heteroatoms. The number of aromatic nitrogens is 2. The number of hydrogen-bond donors (Lipinski definition) is 3. The number of nitrogens with zero attached hydrogens (tertiary/aromatic N) is 1. The van der Waals surface area contributed by atoms with Crippen molar-refractivity contribution >= 4 is 32.3 Å². The predicted octanol–water partition coefficient (Wildman–Crippen LogP) is 3.76. The highest BCUT2D eigenvalue weighted by molar-refractivity contribution is 7.91. The Hall–Kier alpha value is -4.05. The lowest BCUT2D eigenvalue weighted by Gasteiger charge is -2.17. The van der Waals surface area contributed by atoms with E-state index in [1.807, 2.05) is 19.1 Å². The van der Waals surface area contributed by atoms with Crippen LogP contribution in [-0.4, -0.2) is 36.2 Å². The molecular formula is C26H28N4O5S. The molecular weight excluding hydrogens is 480 g/mol. The summed E-state index contributed by atoms with van der Waals surface area (Å²) in [5.41, 5.74) is 8.47. The number of pyridine rings is 1. The van der Waals surface area contributed by atoms with E-state index in [1.165, 1.54) is 16.7 Å². The summed E-state index contributed by atoms with van der Waals surface area (Å²) in [6.07, 6.45) is 1.60. The number of aryl methyl sites for hydroxylation is 2. The van der Waals surface area contributed by atoms with Gasteiger partial charge in [-0.3, -0.25) is 9.59 Å². The van der Waals surface area contributed by atoms with Crippen LogP contribution < -0.4 is 21.3 Å². The molecule has 2 aromatic heterocycles. The van der Waals surface area contributed by atoms with E-state index in [0.29, 0.717) is 40.2 Å². The summed E-state index contributed by atoms with van der Waals surface area (Å²) in [6, 6.07) is 11.6. The Morgan fingerprint density at radius 2 is 1.89 bits per heavy atom. The molecule has 36 heavy (non-hydrogen) atoms. The summed E-state index contributed by atoms with van der Waals surface area (Å²) in [6.45, 7) is 5.65. The van der Waals surface area contributed by atoms with Crippen LogP contribution >= 0.6 is 0 Å². The minimum atomic E-state index is -3.54. The first-order chi connectivity index (χ1) is 17.1. The highest BCUT2D eigenvalue weighted by Gasteiger charge is 2.22. The Labute approximate surface area is 208 Å². The van der Waals surface area contributed by atoms with Gasteiger partial charge < -0.3 is 25.3 Å². The third-order valence-corrected chi connectivity index (χ3v) is 7.71. The first-order valence-corrected chi connectivity index (χ1v) is 13.1. The Morgan fingerprint density at radius 3 is 2.56 bits per heavy atom. The number of carbonyl (C=O) groups is 1. The number of aromatic amines is 1. The summed E-state index contributed by atoms with van der Waals surface area (Å²) in [7, 11) is -1.95. The van der Waals surface area contributed by atoms with Crippen molar-refractivity contribution in [3.05, 3.63) is 70.3 Å². The van der Waals surface area contributed by atoms with Gasteiger partial charge in [0.05, 0.1) is 16.3 Å². The Kier molecular flexibility index (Phi) is 6.64. The molecule has 0 aliphatic carbocycles. The molecule has 4 rings (SSSR count). The van der Waals surface area contributed by atoms with Crippen LogP contribution in [0.3, 0.4) is 0 Å². The normalized spacial score (nSPS) is 11.6. The van der Waals surface area contributed by atoms with E-state index in [-0.39, 0.29) is 33.3 Å². The first-order valence-electron chi connectivity index (χ1n) is 11.5. The van der Waals surface area contributed by atoms with E-state index in [4.69, 9.17) is 10.5 Å². The molecule has 0 radical (unpaired) electrons. The number of sulfone groups is 1. The molecule has 0 saturated carbocycles. The number of para-hydroxylation sites is 1. The lowest BCUT2D eigenvalue weighted by Crippen LogP contribution is -2.23. The number of rotatable bonds is 7. The monoisotopic (exact) mass is 508 g/mol. The van der Waals surface area contributed by atoms with Crippen LogP contribution in [-0.2, 0) is 16.9 Å². The minimum absolute atomic E-state index is 0.0778. The molecule has 4 aromatic rings. The average molecular weight is 509 g/mol. The minimum Gasteiger partial charge on any atom is -0.454 e. The molecule has 0 saturated heterocycles. The molecule has 0 spiro atoms. The fourth-order valence-corrected chi connectivity index (χ4v) is 4.93. The number of anilines is 1. The average Bonchev–Trinajstić information content (AvgIpc) is 3.30. The van der Waals surface area contributed by atoms with Gasteiger partial charge >= 0.3 is 0 Å². The molecule has 4 N–H and O–H groups in total. The summed E-state index contributed by atoms with van der Waals surface area (Å²) in [4.78, 5) is 28.4. The van der Waals surface area contributed by atoms with E-state index in [1.54, 1.807) is 45.3 Å². The third kappa shape index (κ3) is 4.47. The van der Waals surface area contributed by atoms with Crippen molar-refractivity contribution in [2.24, 2.45) is 7.05 Å². The standard InChI is InChI=1S/C26H28N4O5S/c1-5-28-25(31)21-13-18-19(14-30(4)26(32)23(18)29-21)17-12-16(36(33,34)6-2)10-11-22(17)35-24-15(3)8-7-9-20(24)27/h7-14,29H,5-6,27H2,1-4H3,(H,28,31). The number of nitrogens with one attached hydrogen (secondary N) is 2. The van der Waals surface area contributed by atoms with Crippen molar-refractivity contribution in [2.45, 2.75) is 25.7 Å². The van der Waals surface area contributed by atoms with E-state index in [9.17, 15) is 18.0 Å². The molecule has 0 bridgehead atoms. The van der Waals surface area contributed by atoms with Gasteiger partial charge in [-0.25, -0.2) is 8.42 Å². The fourth-order valence-electron chi connectivity index (χ4n) is 4.02. The molecule has 9 nitrogen and oxygen atoms in total. The van der Waals surface area contributed by atoms with Crippen LogP contribution in [0.2, 0.25) is 0 Å². The summed E-state index contributed by atoms with van der Waals surface area (Å²) in [5, 5.41) is 3.18. The molecule has 0 aliphatic rings. The van der Waals surface area contributed by atoms with Gasteiger partial charge in [-0.15, -0.1) is 0 Å². The van der Waals surface area contributed by atoms with E-state index >= 15 is 0 Å². The molecule has 0 fully saturated rings. The van der Waals surface area contributed by atoms with Gasteiger partial charge in [0.1, 0.15) is 17.0 Å². The van der Waals surface area contributed by atoms with Crippen LogP contribution in [0.4, 0.5) is 5.69 Å². The second kappa shape index (κ2) is 9.54. The predicted molar refractivity (Wildman–Crippen MR) is 140 cm³/mol. The number of carbonyl (C=O) groups excluding carboxylic acids is 1. The molecule has 2 heterocycles. The molecule has 0 unspecified atom stereocenters. The second-order valence-corrected chi connectivity index (χ2v) is 10.7. The quantitative estimate of drug-likeness (QED) is 0.325. The van der Waals surface area contributed by atoms with Gasteiger partial charge in [0.25, 0.3) is 11.5 Å². The Morgan fingerprint density at radius 1 is 1.14 bits per heavy atom. The Bertz CT molecular complexity index is 1630. The van der Waals surface area contributed by atoms with Crippen LogP contribution in [0.15, 0.2) is 58.4 Å². The van der Waals surface area contributed by atoms with Crippen molar-refractivity contribution in [3.8, 4) is 22.6 Å². The molecule has 2 aromatic carbocycles. The number of H-pyrrole nitrogens is 1. The molecule has 0 aliphatic heterocycles. The van der Waals surface area contributed by atoms with Gasteiger partial charge in [0.15, 0.2) is 15.6 Å². The van der Waals surface area contributed by atoms with Crippen molar-refractivity contribution in [1.82, 2.24) is 14.9 Å². The smallest absolute Gasteiger partial charge is 0.274 e. The largest absolute Gasteiger partial charge is 0.454 e. The summed E-state index contributed by atoms with van der Waals surface area (Å²) >= 11 is 0. The first kappa shape index (κ1) is 25.1. The maximum Gasteiger partial charge on any atom is 0.274 e. The third-order valence-electron chi connectivity index (χ3n) is 5.98. The zero-order chi connectivity index (χ0) is 26.2. The van der Waals surface area contributed by atoms with Gasteiger partial charge in [0.2, 0.25) is 0 Å². The maximum absolute atomic E-state index is 12.9. The van der Waals surface area contributed by atoms with Crippen molar-refractivity contribution in [1.29, 1.82) is 0 Å². The summed E-state index contributed by atoms with van der Waals surface area (Å²) in [5.74, 6) is 0.369. The highest BCUT2D eigenvalue weighted by Crippen LogP contribution is 2.40. The number of amides is 1. The molecule has 188 valence electrons. The molecule has 1 amide bonds. The van der Waals surface area contributed by atoms with E-state index < -0.39 is 9.84 Å². The number of fused-ring (bicyclic) bond motifs is 1. The summed E-state index contributed by atoms with van der Waals surface area (Å²) < 4.78 is 33.1. The van der Waals surface area contributed by atoms with Gasteiger partial charge in [-0.05, 0) is 49.7 Å². The van der Waals surface area contributed by atoms with Crippen molar-refractivity contribution in [3.63, 3.8) is 0 Å². The van der Waals surface area contributed by atoms with Gasteiger partial charge in [0, 0.05) is 36.3 Å². The molecule has 0 atom stereocenters. The van der Waals surface area contributed by atoms with Crippen LogP contribution in [0, 0.1) is 6.92 Å². The van der Waals surface area contributed by atoms with Gasteiger partial charge in [-0.2, -0.15) is 0 Å². The number of benzene rings is 2. The van der Waals surface area contributed by atoms with Gasteiger partial charge in [-0.1, -0.05) is 19.1 Å². The SMILES string of the molecule is CCNC(=O)c1cc2c(-c3cc(S(=O)(=O)CC)ccc3Oc3c(C)cccc3N)cn(C)c(=O)c2[nH]1. The second-order valence-electron chi connectivity index (χ2n) is 8.45. The number of ether oxygens (including phenoxy) is 1. The van der Waals surface area contributed by atoms with Crippen molar-refractivity contribution < 1.29 is 17.9 Å². The highest BCUT2D eigenvalue weighted by atomic mass is 32.2. The lowest BCUT2D eigenvalue weighted by molar-refractivity contribution is 0.0951. The van der Waals surface area contributed by atoms with E-state index in [0.717, 1.165) is 5.56 Å². The van der Waals surface area contributed by atoms with Crippen LogP contribution in [0.25, 0.3) is 22.0 Å². The Balaban J connectivity index is 2.03. The lowest BCUT2D eigenvalue weighted by atomic mass is 10.0. The van der Waals surface area contributed by atoms with Crippen LogP contribution in [0.1, 0.15) is 29.9 Å². The van der Waals surface area contributed by atoms with Crippen molar-refractivity contribution in [2.75, 3.05) is 18.0 Å². The number of nitrogen functional groups attached to an aromatic ring is 1. The van der Waals surface area contributed by atoms with Crippen LogP contribution in [0.5, 0.6) is 11.5 Å². The maximum atomic E-state index is 12.9.